The zero-order valence-electron chi connectivity index (χ0n) is 11.9. The Morgan fingerprint density at radius 3 is 2.65 bits per heavy atom. The molecule has 2 heteroatoms. The number of rotatable bonds is 4. The molecule has 102 valence electrons. The number of benzene rings is 2. The Kier molecular flexibility index (Phi) is 3.57. The molecule has 0 bridgehead atoms. The summed E-state index contributed by atoms with van der Waals surface area (Å²) in [4.78, 5) is 0. The van der Waals surface area contributed by atoms with Crippen LogP contribution in [-0.2, 0) is 6.42 Å². The second-order valence-electron chi connectivity index (χ2n) is 5.01. The number of hydrogen-bond acceptors (Lipinski definition) is 2. The van der Waals surface area contributed by atoms with Gasteiger partial charge in [0.15, 0.2) is 0 Å². The number of aryl methyl sites for hydroxylation is 1. The Balaban J connectivity index is 2.03. The van der Waals surface area contributed by atoms with Crippen LogP contribution in [0.4, 0.5) is 0 Å². The summed E-state index contributed by atoms with van der Waals surface area (Å²) in [7, 11) is 1.97. The van der Waals surface area contributed by atoms with Gasteiger partial charge in [0.2, 0.25) is 0 Å². The van der Waals surface area contributed by atoms with Gasteiger partial charge in [0.05, 0.1) is 6.04 Å². The predicted molar refractivity (Wildman–Crippen MR) is 82.9 cm³/mol. The maximum Gasteiger partial charge on any atom is 0.134 e. The Morgan fingerprint density at radius 2 is 1.90 bits per heavy atom. The van der Waals surface area contributed by atoms with Crippen molar-refractivity contribution < 1.29 is 4.42 Å². The minimum absolute atomic E-state index is 0.0916. The van der Waals surface area contributed by atoms with E-state index in [0.717, 1.165) is 23.2 Å². The van der Waals surface area contributed by atoms with Crippen molar-refractivity contribution in [1.29, 1.82) is 0 Å². The molecular weight excluding hydrogens is 246 g/mol. The van der Waals surface area contributed by atoms with Crippen LogP contribution in [0.3, 0.4) is 0 Å². The second kappa shape index (κ2) is 5.51. The van der Waals surface area contributed by atoms with Crippen molar-refractivity contribution in [1.82, 2.24) is 5.32 Å². The third kappa shape index (κ3) is 2.35. The largest absolute Gasteiger partial charge is 0.459 e. The van der Waals surface area contributed by atoms with Gasteiger partial charge in [-0.2, -0.15) is 0 Å². The molecule has 0 aliphatic carbocycles. The van der Waals surface area contributed by atoms with Crippen molar-refractivity contribution in [3.63, 3.8) is 0 Å². The van der Waals surface area contributed by atoms with E-state index in [1.54, 1.807) is 0 Å². The molecule has 0 amide bonds. The molecule has 0 radical (unpaired) electrons. The highest BCUT2D eigenvalue weighted by atomic mass is 16.3. The van der Waals surface area contributed by atoms with E-state index in [4.69, 9.17) is 4.42 Å². The Morgan fingerprint density at radius 1 is 1.05 bits per heavy atom. The minimum Gasteiger partial charge on any atom is -0.459 e. The van der Waals surface area contributed by atoms with Gasteiger partial charge in [0.25, 0.3) is 0 Å². The molecule has 0 saturated heterocycles. The quantitative estimate of drug-likeness (QED) is 0.760. The van der Waals surface area contributed by atoms with E-state index in [0.29, 0.717) is 0 Å². The fourth-order valence-corrected chi connectivity index (χ4v) is 2.61. The first kappa shape index (κ1) is 12.9. The lowest BCUT2D eigenvalue weighted by molar-refractivity contribution is 0.491. The third-order valence-corrected chi connectivity index (χ3v) is 3.71. The number of nitrogens with one attached hydrogen (secondary N) is 1. The first-order valence-corrected chi connectivity index (χ1v) is 7.06. The van der Waals surface area contributed by atoms with E-state index in [9.17, 15) is 0 Å². The number of fused-ring (bicyclic) bond motifs is 1. The molecule has 1 unspecified atom stereocenters. The van der Waals surface area contributed by atoms with Gasteiger partial charge >= 0.3 is 0 Å². The molecule has 0 aliphatic heterocycles. The molecule has 1 aromatic heterocycles. The lowest BCUT2D eigenvalue weighted by atomic mass is 10.0. The van der Waals surface area contributed by atoms with Gasteiger partial charge in [0.1, 0.15) is 11.3 Å². The van der Waals surface area contributed by atoms with Gasteiger partial charge in [-0.1, -0.05) is 49.4 Å². The lowest BCUT2D eigenvalue weighted by Gasteiger charge is -2.14. The van der Waals surface area contributed by atoms with Crippen molar-refractivity contribution in [2.75, 3.05) is 7.05 Å². The summed E-state index contributed by atoms with van der Waals surface area (Å²) in [5.41, 5.74) is 3.53. The summed E-state index contributed by atoms with van der Waals surface area (Å²) in [6, 6.07) is 19.0. The Labute approximate surface area is 119 Å². The highest BCUT2D eigenvalue weighted by molar-refractivity contribution is 5.77. The highest BCUT2D eigenvalue weighted by Crippen LogP contribution is 2.28. The van der Waals surface area contributed by atoms with E-state index in [1.165, 1.54) is 11.1 Å². The SMILES string of the molecule is CCc1cccc(C(NC)c2cc3ccccc3o2)c1. The van der Waals surface area contributed by atoms with Crippen LogP contribution in [0.15, 0.2) is 59.0 Å². The number of para-hydroxylation sites is 1. The molecule has 20 heavy (non-hydrogen) atoms. The molecule has 1 N–H and O–H groups in total. The van der Waals surface area contributed by atoms with E-state index in [2.05, 4.69) is 48.6 Å². The smallest absolute Gasteiger partial charge is 0.134 e. The monoisotopic (exact) mass is 265 g/mol. The molecule has 2 nitrogen and oxygen atoms in total. The van der Waals surface area contributed by atoms with Crippen molar-refractivity contribution in [3.05, 3.63) is 71.5 Å². The standard InChI is InChI=1S/C18H19NO/c1-3-13-7-6-9-15(11-13)18(19-2)17-12-14-8-4-5-10-16(14)20-17/h4-12,18-19H,3H2,1-2H3. The van der Waals surface area contributed by atoms with Gasteiger partial charge < -0.3 is 9.73 Å². The van der Waals surface area contributed by atoms with Crippen LogP contribution in [0.2, 0.25) is 0 Å². The molecular formula is C18H19NO. The summed E-state index contributed by atoms with van der Waals surface area (Å²) in [6.45, 7) is 2.18. The van der Waals surface area contributed by atoms with Crippen molar-refractivity contribution >= 4 is 11.0 Å². The lowest BCUT2D eigenvalue weighted by Crippen LogP contribution is -2.17. The summed E-state index contributed by atoms with van der Waals surface area (Å²) in [6.07, 6.45) is 1.05. The molecule has 3 rings (SSSR count). The van der Waals surface area contributed by atoms with Crippen LogP contribution in [0, 0.1) is 0 Å². The molecule has 0 aliphatic rings. The van der Waals surface area contributed by atoms with Crippen molar-refractivity contribution in [2.24, 2.45) is 0 Å². The Hall–Kier alpha value is -2.06. The molecule has 0 spiro atoms. The van der Waals surface area contributed by atoms with E-state index >= 15 is 0 Å². The average Bonchev–Trinajstić information content (AvgIpc) is 2.91. The van der Waals surface area contributed by atoms with E-state index < -0.39 is 0 Å². The van der Waals surface area contributed by atoms with Gasteiger partial charge in [-0.3, -0.25) is 0 Å². The second-order valence-corrected chi connectivity index (χ2v) is 5.01. The van der Waals surface area contributed by atoms with Crippen molar-refractivity contribution in [2.45, 2.75) is 19.4 Å². The normalized spacial score (nSPS) is 12.7. The van der Waals surface area contributed by atoms with E-state index in [-0.39, 0.29) is 6.04 Å². The maximum absolute atomic E-state index is 5.99. The molecule has 1 heterocycles. The maximum atomic E-state index is 5.99. The first-order valence-electron chi connectivity index (χ1n) is 7.06. The predicted octanol–water partition coefficient (Wildman–Crippen LogP) is 4.30. The molecule has 2 aromatic carbocycles. The molecule has 3 aromatic rings. The summed E-state index contributed by atoms with van der Waals surface area (Å²) < 4.78 is 5.99. The number of furan rings is 1. The van der Waals surface area contributed by atoms with Crippen molar-refractivity contribution in [3.8, 4) is 0 Å². The molecule has 1 atom stereocenters. The summed E-state index contributed by atoms with van der Waals surface area (Å²) in [5.74, 6) is 0.960. The topological polar surface area (TPSA) is 25.2 Å². The van der Waals surface area contributed by atoms with Crippen LogP contribution in [0.1, 0.15) is 29.9 Å². The van der Waals surface area contributed by atoms with Crippen LogP contribution in [0.5, 0.6) is 0 Å². The van der Waals surface area contributed by atoms with Crippen LogP contribution < -0.4 is 5.32 Å². The zero-order chi connectivity index (χ0) is 13.9. The highest BCUT2D eigenvalue weighted by Gasteiger charge is 2.16. The fraction of sp³-hybridized carbons (Fsp3) is 0.222. The van der Waals surface area contributed by atoms with Gasteiger partial charge in [0, 0.05) is 5.39 Å². The van der Waals surface area contributed by atoms with E-state index in [1.807, 2.05) is 25.2 Å². The molecule has 0 saturated carbocycles. The van der Waals surface area contributed by atoms with Crippen LogP contribution >= 0.6 is 0 Å². The van der Waals surface area contributed by atoms with Gasteiger partial charge in [-0.15, -0.1) is 0 Å². The zero-order valence-corrected chi connectivity index (χ0v) is 11.9. The van der Waals surface area contributed by atoms with Gasteiger partial charge in [-0.25, -0.2) is 0 Å². The minimum atomic E-state index is 0.0916. The average molecular weight is 265 g/mol. The van der Waals surface area contributed by atoms with Gasteiger partial charge in [-0.05, 0) is 36.7 Å². The number of hydrogen-bond donors (Lipinski definition) is 1. The fourth-order valence-electron chi connectivity index (χ4n) is 2.61. The Bertz CT molecular complexity index is 681. The summed E-state index contributed by atoms with van der Waals surface area (Å²) >= 11 is 0. The van der Waals surface area contributed by atoms with Crippen LogP contribution in [-0.4, -0.2) is 7.05 Å². The first-order chi connectivity index (χ1) is 9.81. The third-order valence-electron chi connectivity index (χ3n) is 3.71. The molecule has 0 fully saturated rings. The summed E-state index contributed by atoms with van der Waals surface area (Å²) in [5, 5.41) is 4.50. The van der Waals surface area contributed by atoms with Crippen LogP contribution in [0.25, 0.3) is 11.0 Å².